The lowest BCUT2D eigenvalue weighted by Gasteiger charge is -2.10. The second kappa shape index (κ2) is 13.2. The third-order valence-corrected chi connectivity index (χ3v) is 12.8. The first-order chi connectivity index (χ1) is 30.2. The summed E-state index contributed by atoms with van der Waals surface area (Å²) in [5.41, 5.74) is 17.3. The summed E-state index contributed by atoms with van der Waals surface area (Å²) in [4.78, 5) is 3.79. The summed E-state index contributed by atoms with van der Waals surface area (Å²) in [7, 11) is 0. The molecule has 0 aliphatic rings. The zero-order valence-electron chi connectivity index (χ0n) is 33.1. The number of fused-ring (bicyclic) bond motifs is 11. The van der Waals surface area contributed by atoms with Gasteiger partial charge < -0.3 is 14.0 Å². The lowest BCUT2D eigenvalue weighted by Crippen LogP contribution is -1.93. The van der Waals surface area contributed by atoms with Crippen molar-refractivity contribution in [2.75, 3.05) is 0 Å². The molecular formula is C58H36N2O. The van der Waals surface area contributed by atoms with Crippen LogP contribution in [0, 0.1) is 0 Å². The van der Waals surface area contributed by atoms with Crippen LogP contribution >= 0.6 is 0 Å². The van der Waals surface area contributed by atoms with Gasteiger partial charge in [-0.1, -0.05) is 152 Å². The number of rotatable bonds is 5. The first-order valence-electron chi connectivity index (χ1n) is 20.9. The molecule has 0 fully saturated rings. The molecule has 10 aromatic carbocycles. The normalized spacial score (nSPS) is 11.9. The molecule has 13 rings (SSSR count). The number of furan rings is 1. The standard InChI is InChI=1S/C58H36N2O/c1-2-9-36(10-3-1)37-17-19-38(20-18-37)39-21-23-40(24-22-39)45-13-8-14-49-51-34-41(26-31-53(51)59-57(45)49)42-27-32-55-52(35-42)47-11-4-6-15-54(47)60(55)44-28-30-46-43(33-44)25-29-50-48-12-5-7-16-56(48)61-58(46)50/h1-35,59H. The number of nitrogens with one attached hydrogen (secondary N) is 1. The summed E-state index contributed by atoms with van der Waals surface area (Å²) >= 11 is 0. The van der Waals surface area contributed by atoms with Crippen LogP contribution in [-0.4, -0.2) is 9.55 Å². The van der Waals surface area contributed by atoms with Crippen LogP contribution in [0.3, 0.4) is 0 Å². The molecule has 3 heterocycles. The lowest BCUT2D eigenvalue weighted by molar-refractivity contribution is 0.672. The maximum Gasteiger partial charge on any atom is 0.143 e. The van der Waals surface area contributed by atoms with E-state index in [2.05, 4.69) is 210 Å². The quantitative estimate of drug-likeness (QED) is 0.186. The Morgan fingerprint density at radius 1 is 0.344 bits per heavy atom. The molecule has 0 bridgehead atoms. The summed E-state index contributed by atoms with van der Waals surface area (Å²) in [6.45, 7) is 0. The van der Waals surface area contributed by atoms with Crippen molar-refractivity contribution in [3.05, 3.63) is 212 Å². The molecule has 0 saturated carbocycles. The second-order valence-corrected chi connectivity index (χ2v) is 16.2. The maximum atomic E-state index is 6.39. The minimum Gasteiger partial charge on any atom is -0.455 e. The predicted octanol–water partition coefficient (Wildman–Crippen LogP) is 16.1. The molecule has 3 heteroatoms. The van der Waals surface area contributed by atoms with E-state index in [1.165, 1.54) is 77.1 Å². The van der Waals surface area contributed by atoms with Gasteiger partial charge in [0, 0.05) is 54.5 Å². The van der Waals surface area contributed by atoms with Crippen molar-refractivity contribution in [3.8, 4) is 50.2 Å². The number of hydrogen-bond donors (Lipinski definition) is 1. The van der Waals surface area contributed by atoms with Gasteiger partial charge in [0.25, 0.3) is 0 Å². The zero-order valence-corrected chi connectivity index (χ0v) is 33.1. The van der Waals surface area contributed by atoms with Crippen molar-refractivity contribution >= 4 is 76.3 Å². The van der Waals surface area contributed by atoms with Gasteiger partial charge in [-0.25, -0.2) is 0 Å². The third kappa shape index (κ3) is 5.31. The molecule has 0 radical (unpaired) electrons. The van der Waals surface area contributed by atoms with Crippen molar-refractivity contribution in [2.24, 2.45) is 0 Å². The molecule has 3 aromatic heterocycles. The highest BCUT2D eigenvalue weighted by molar-refractivity contribution is 6.16. The fourth-order valence-corrected chi connectivity index (χ4v) is 9.74. The largest absolute Gasteiger partial charge is 0.455 e. The molecule has 61 heavy (non-hydrogen) atoms. The van der Waals surface area contributed by atoms with Gasteiger partial charge in [0.2, 0.25) is 0 Å². The average Bonchev–Trinajstić information content (AvgIpc) is 4.01. The molecule has 0 saturated heterocycles. The Kier molecular flexibility index (Phi) is 7.31. The Labute approximate surface area is 351 Å². The summed E-state index contributed by atoms with van der Waals surface area (Å²) in [6, 6.07) is 76.9. The van der Waals surface area contributed by atoms with Crippen molar-refractivity contribution < 1.29 is 4.42 Å². The Morgan fingerprint density at radius 3 is 1.75 bits per heavy atom. The Balaban J connectivity index is 0.858. The smallest absolute Gasteiger partial charge is 0.143 e. The first-order valence-corrected chi connectivity index (χ1v) is 20.9. The van der Waals surface area contributed by atoms with Crippen molar-refractivity contribution in [3.63, 3.8) is 0 Å². The zero-order chi connectivity index (χ0) is 40.0. The maximum absolute atomic E-state index is 6.39. The van der Waals surface area contributed by atoms with E-state index in [0.717, 1.165) is 49.4 Å². The Bertz CT molecular complexity index is 3850. The number of H-pyrrole nitrogens is 1. The van der Waals surface area contributed by atoms with Gasteiger partial charge in [-0.2, -0.15) is 0 Å². The van der Waals surface area contributed by atoms with Crippen molar-refractivity contribution in [1.82, 2.24) is 9.55 Å². The summed E-state index contributed by atoms with van der Waals surface area (Å²) < 4.78 is 8.78. The molecule has 3 nitrogen and oxygen atoms in total. The van der Waals surface area contributed by atoms with E-state index in [0.29, 0.717) is 0 Å². The summed E-state index contributed by atoms with van der Waals surface area (Å²) in [5.74, 6) is 0. The van der Waals surface area contributed by atoms with E-state index >= 15 is 0 Å². The van der Waals surface area contributed by atoms with Crippen LogP contribution in [0.15, 0.2) is 217 Å². The highest BCUT2D eigenvalue weighted by atomic mass is 16.3. The van der Waals surface area contributed by atoms with Gasteiger partial charge in [-0.05, 0) is 105 Å². The minimum atomic E-state index is 0.921. The van der Waals surface area contributed by atoms with Gasteiger partial charge in [-0.15, -0.1) is 0 Å². The van der Waals surface area contributed by atoms with Crippen LogP contribution in [0.5, 0.6) is 0 Å². The van der Waals surface area contributed by atoms with Gasteiger partial charge >= 0.3 is 0 Å². The number of aromatic nitrogens is 2. The highest BCUT2D eigenvalue weighted by Crippen LogP contribution is 2.40. The van der Waals surface area contributed by atoms with Gasteiger partial charge in [0.05, 0.1) is 16.6 Å². The summed E-state index contributed by atoms with van der Waals surface area (Å²) in [6.07, 6.45) is 0. The Hall–Kier alpha value is -8.14. The van der Waals surface area contributed by atoms with Gasteiger partial charge in [0.15, 0.2) is 0 Å². The average molecular weight is 777 g/mol. The molecular weight excluding hydrogens is 741 g/mol. The number of hydrogen-bond acceptors (Lipinski definition) is 1. The van der Waals surface area contributed by atoms with Crippen LogP contribution < -0.4 is 0 Å². The van der Waals surface area contributed by atoms with Crippen LogP contribution in [0.2, 0.25) is 0 Å². The first kappa shape index (κ1) is 33.8. The van der Waals surface area contributed by atoms with E-state index < -0.39 is 0 Å². The molecule has 0 aliphatic heterocycles. The molecule has 1 N–H and O–H groups in total. The topological polar surface area (TPSA) is 33.9 Å². The minimum absolute atomic E-state index is 0.921. The van der Waals surface area contributed by atoms with Crippen LogP contribution in [0.1, 0.15) is 0 Å². The number of aromatic amines is 1. The van der Waals surface area contributed by atoms with E-state index in [1.807, 2.05) is 12.1 Å². The monoisotopic (exact) mass is 776 g/mol. The van der Waals surface area contributed by atoms with E-state index in [4.69, 9.17) is 4.42 Å². The fraction of sp³-hybridized carbons (Fsp3) is 0. The highest BCUT2D eigenvalue weighted by Gasteiger charge is 2.17. The van der Waals surface area contributed by atoms with Gasteiger partial charge in [0.1, 0.15) is 11.2 Å². The molecule has 0 amide bonds. The van der Waals surface area contributed by atoms with Crippen LogP contribution in [-0.2, 0) is 0 Å². The molecule has 0 unspecified atom stereocenters. The SMILES string of the molecule is c1ccc(-c2ccc(-c3ccc(-c4cccc5c4[nH]c4ccc(-c6ccc7c(c6)c6ccccc6n7-c6ccc7c(ccc8c9ccccc9oc78)c6)cc45)cc3)cc2)cc1. The molecule has 0 atom stereocenters. The predicted molar refractivity (Wildman–Crippen MR) is 257 cm³/mol. The second-order valence-electron chi connectivity index (χ2n) is 16.2. The van der Waals surface area contributed by atoms with Crippen molar-refractivity contribution in [1.29, 1.82) is 0 Å². The van der Waals surface area contributed by atoms with Crippen LogP contribution in [0.25, 0.3) is 127 Å². The summed E-state index contributed by atoms with van der Waals surface area (Å²) in [5, 5.41) is 9.50. The van der Waals surface area contributed by atoms with Crippen molar-refractivity contribution in [2.45, 2.75) is 0 Å². The molecule has 284 valence electrons. The third-order valence-electron chi connectivity index (χ3n) is 12.8. The number of benzene rings is 10. The molecule has 0 aliphatic carbocycles. The van der Waals surface area contributed by atoms with Crippen LogP contribution in [0.4, 0.5) is 0 Å². The number of para-hydroxylation sites is 3. The molecule has 13 aromatic rings. The Morgan fingerprint density at radius 2 is 0.951 bits per heavy atom. The van der Waals surface area contributed by atoms with E-state index in [-0.39, 0.29) is 0 Å². The lowest BCUT2D eigenvalue weighted by atomic mass is 9.97. The fourth-order valence-electron chi connectivity index (χ4n) is 9.74. The van der Waals surface area contributed by atoms with Gasteiger partial charge in [-0.3, -0.25) is 0 Å². The van der Waals surface area contributed by atoms with E-state index in [1.54, 1.807) is 0 Å². The number of nitrogens with zero attached hydrogens (tertiary/aromatic N) is 1. The molecule has 0 spiro atoms. The van der Waals surface area contributed by atoms with E-state index in [9.17, 15) is 0 Å².